The normalized spacial score (nSPS) is 13.6. The summed E-state index contributed by atoms with van der Waals surface area (Å²) in [6, 6.07) is -0.634. The molecule has 0 rings (SSSR count). The van der Waals surface area contributed by atoms with E-state index in [0.29, 0.717) is 19.3 Å². The van der Waals surface area contributed by atoms with Crippen molar-refractivity contribution >= 4 is 17.7 Å². The molecule has 0 radical (unpaired) electrons. The van der Waals surface area contributed by atoms with E-state index in [1.165, 1.54) is 7.11 Å². The van der Waals surface area contributed by atoms with Gasteiger partial charge in [-0.3, -0.25) is 9.59 Å². The van der Waals surface area contributed by atoms with Crippen molar-refractivity contribution in [3.8, 4) is 0 Å². The molecule has 0 aliphatic rings. The van der Waals surface area contributed by atoms with E-state index < -0.39 is 18.6 Å². The minimum Gasteiger partial charge on any atom is -0.467 e. The number of carbonyl (C=O) groups excluding carboxylic acids is 3. The number of Topliss-reactive ketones (excluding diaryl/α,β-unsaturated/α-hetero) is 1. The van der Waals surface area contributed by atoms with Gasteiger partial charge in [-0.15, -0.1) is 0 Å². The van der Waals surface area contributed by atoms with E-state index in [-0.39, 0.29) is 23.5 Å². The van der Waals surface area contributed by atoms with E-state index in [1.54, 1.807) is 0 Å². The smallest absolute Gasteiger partial charge is 0.328 e. The zero-order valence-corrected chi connectivity index (χ0v) is 13.3. The molecule has 21 heavy (non-hydrogen) atoms. The summed E-state index contributed by atoms with van der Waals surface area (Å²) in [6.07, 6.45) is 2.01. The van der Waals surface area contributed by atoms with Gasteiger partial charge < -0.3 is 15.2 Å². The Bertz CT molecular complexity index is 354. The molecule has 0 fully saturated rings. The van der Waals surface area contributed by atoms with Crippen molar-refractivity contribution in [1.82, 2.24) is 5.32 Å². The van der Waals surface area contributed by atoms with Crippen molar-refractivity contribution in [1.29, 1.82) is 0 Å². The number of methoxy groups -OCH3 is 1. The predicted molar refractivity (Wildman–Crippen MR) is 78.5 cm³/mol. The van der Waals surface area contributed by atoms with E-state index in [9.17, 15) is 14.4 Å². The van der Waals surface area contributed by atoms with E-state index in [0.717, 1.165) is 6.42 Å². The molecule has 0 aromatic rings. The van der Waals surface area contributed by atoms with Crippen LogP contribution in [0, 0.1) is 11.8 Å². The lowest BCUT2D eigenvalue weighted by atomic mass is 9.98. The lowest BCUT2D eigenvalue weighted by Gasteiger charge is -2.20. The monoisotopic (exact) mass is 301 g/mol. The highest BCUT2D eigenvalue weighted by atomic mass is 16.5. The summed E-state index contributed by atoms with van der Waals surface area (Å²) in [5.41, 5.74) is 0. The Balaban J connectivity index is 4.16. The highest BCUT2D eigenvalue weighted by molar-refractivity contribution is 5.84. The minimum absolute atomic E-state index is 0.0427. The zero-order chi connectivity index (χ0) is 16.4. The van der Waals surface area contributed by atoms with Crippen molar-refractivity contribution in [2.24, 2.45) is 11.8 Å². The second-order valence-corrected chi connectivity index (χ2v) is 5.71. The molecule has 0 aliphatic carbocycles. The number of aliphatic hydroxyl groups is 1. The summed E-state index contributed by atoms with van der Waals surface area (Å²) in [5.74, 6) is -0.752. The van der Waals surface area contributed by atoms with Gasteiger partial charge in [-0.2, -0.15) is 0 Å². The quantitative estimate of drug-likeness (QED) is 0.589. The van der Waals surface area contributed by atoms with Gasteiger partial charge in [0.25, 0.3) is 0 Å². The van der Waals surface area contributed by atoms with Crippen molar-refractivity contribution in [3.05, 3.63) is 0 Å². The van der Waals surface area contributed by atoms with Crippen LogP contribution < -0.4 is 5.32 Å². The van der Waals surface area contributed by atoms with Crippen LogP contribution >= 0.6 is 0 Å². The van der Waals surface area contributed by atoms with E-state index in [2.05, 4.69) is 10.1 Å². The molecule has 6 heteroatoms. The van der Waals surface area contributed by atoms with Gasteiger partial charge in [0.15, 0.2) is 5.78 Å². The van der Waals surface area contributed by atoms with E-state index in [4.69, 9.17) is 5.11 Å². The van der Waals surface area contributed by atoms with Crippen molar-refractivity contribution in [3.63, 3.8) is 0 Å². The fraction of sp³-hybridized carbons (Fsp3) is 0.800. The van der Waals surface area contributed by atoms with Crippen LogP contribution in [0.5, 0.6) is 0 Å². The topological polar surface area (TPSA) is 92.7 Å². The molecule has 0 bridgehead atoms. The first-order valence-corrected chi connectivity index (χ1v) is 7.31. The molecule has 0 aliphatic heterocycles. The van der Waals surface area contributed by atoms with Crippen LogP contribution in [0.1, 0.15) is 46.5 Å². The summed E-state index contributed by atoms with van der Waals surface area (Å²) in [5, 5.41) is 11.3. The van der Waals surface area contributed by atoms with Gasteiger partial charge in [0.2, 0.25) is 5.91 Å². The fourth-order valence-corrected chi connectivity index (χ4v) is 2.00. The molecule has 0 aromatic carbocycles. The standard InChI is InChI=1S/C15H27NO5/c1-10(2)14(15(20)21-4)16-13(19)8-11(3)6-5-7-12(18)9-17/h10-11,14,17H,5-9H2,1-4H3,(H,16,19)/t11?,14-/m1/s1. The van der Waals surface area contributed by atoms with Crippen molar-refractivity contribution in [2.75, 3.05) is 13.7 Å². The molecule has 0 aromatic heterocycles. The van der Waals surface area contributed by atoms with Crippen LogP contribution in [0.15, 0.2) is 0 Å². The third kappa shape index (κ3) is 8.45. The average molecular weight is 301 g/mol. The van der Waals surface area contributed by atoms with E-state index in [1.807, 2.05) is 20.8 Å². The molecule has 0 saturated heterocycles. The highest BCUT2D eigenvalue weighted by Gasteiger charge is 2.25. The molecule has 0 spiro atoms. The van der Waals surface area contributed by atoms with Crippen LogP contribution in [0.25, 0.3) is 0 Å². The summed E-state index contributed by atoms with van der Waals surface area (Å²) in [7, 11) is 1.30. The Hall–Kier alpha value is -1.43. The lowest BCUT2D eigenvalue weighted by molar-refractivity contribution is -0.146. The number of amides is 1. The highest BCUT2D eigenvalue weighted by Crippen LogP contribution is 2.13. The van der Waals surface area contributed by atoms with Gasteiger partial charge in [0.05, 0.1) is 7.11 Å². The fourth-order valence-electron chi connectivity index (χ4n) is 2.00. The number of ether oxygens (including phenoxy) is 1. The maximum atomic E-state index is 11.9. The molecular weight excluding hydrogens is 274 g/mol. The first-order valence-electron chi connectivity index (χ1n) is 7.31. The van der Waals surface area contributed by atoms with Crippen LogP contribution in [0.2, 0.25) is 0 Å². The van der Waals surface area contributed by atoms with Gasteiger partial charge in [-0.05, 0) is 24.7 Å². The molecule has 2 N–H and O–H groups in total. The Kier molecular flexibility index (Phi) is 9.62. The number of hydrogen-bond donors (Lipinski definition) is 2. The Labute approximate surface area is 126 Å². The number of hydrogen-bond acceptors (Lipinski definition) is 5. The van der Waals surface area contributed by atoms with Crippen molar-refractivity contribution in [2.45, 2.75) is 52.5 Å². The summed E-state index contributed by atoms with van der Waals surface area (Å²) in [6.45, 7) is 5.17. The minimum atomic E-state index is -0.634. The van der Waals surface area contributed by atoms with E-state index >= 15 is 0 Å². The zero-order valence-electron chi connectivity index (χ0n) is 13.3. The van der Waals surface area contributed by atoms with Gasteiger partial charge in [-0.25, -0.2) is 4.79 Å². The van der Waals surface area contributed by atoms with Crippen LogP contribution in [-0.4, -0.2) is 42.5 Å². The number of nitrogens with one attached hydrogen (secondary N) is 1. The first kappa shape index (κ1) is 19.6. The van der Waals surface area contributed by atoms with Crippen LogP contribution in [-0.2, 0) is 19.1 Å². The lowest BCUT2D eigenvalue weighted by Crippen LogP contribution is -2.45. The number of carbonyl (C=O) groups is 3. The number of esters is 1. The molecule has 1 amide bonds. The number of ketones is 1. The molecule has 1 unspecified atom stereocenters. The molecular formula is C15H27NO5. The maximum absolute atomic E-state index is 11.9. The van der Waals surface area contributed by atoms with Gasteiger partial charge in [-0.1, -0.05) is 20.8 Å². The molecule has 0 saturated carbocycles. The van der Waals surface area contributed by atoms with Gasteiger partial charge >= 0.3 is 5.97 Å². The molecule has 2 atom stereocenters. The third-order valence-corrected chi connectivity index (χ3v) is 3.30. The van der Waals surface area contributed by atoms with Crippen LogP contribution in [0.3, 0.4) is 0 Å². The van der Waals surface area contributed by atoms with Crippen LogP contribution in [0.4, 0.5) is 0 Å². The molecule has 122 valence electrons. The summed E-state index contributed by atoms with van der Waals surface area (Å²) in [4.78, 5) is 34.4. The second-order valence-electron chi connectivity index (χ2n) is 5.71. The Morgan fingerprint density at radius 1 is 1.19 bits per heavy atom. The predicted octanol–water partition coefficient (Wildman–Crippen LogP) is 1.06. The van der Waals surface area contributed by atoms with Gasteiger partial charge in [0, 0.05) is 12.8 Å². The SMILES string of the molecule is COC(=O)[C@H](NC(=O)CC(C)CCCC(=O)CO)C(C)C. The second kappa shape index (κ2) is 10.3. The maximum Gasteiger partial charge on any atom is 0.328 e. The largest absolute Gasteiger partial charge is 0.467 e. The number of aliphatic hydroxyl groups excluding tert-OH is 1. The third-order valence-electron chi connectivity index (χ3n) is 3.30. The molecule has 6 nitrogen and oxygen atoms in total. The Morgan fingerprint density at radius 2 is 1.81 bits per heavy atom. The average Bonchev–Trinajstić information content (AvgIpc) is 2.43. The first-order chi connectivity index (χ1) is 9.81. The van der Waals surface area contributed by atoms with Crippen molar-refractivity contribution < 1.29 is 24.2 Å². The summed E-state index contributed by atoms with van der Waals surface area (Å²) < 4.78 is 4.67. The van der Waals surface area contributed by atoms with Gasteiger partial charge in [0.1, 0.15) is 12.6 Å². The Morgan fingerprint density at radius 3 is 2.29 bits per heavy atom. The molecule has 0 heterocycles. The number of rotatable bonds is 10. The summed E-state index contributed by atoms with van der Waals surface area (Å²) >= 11 is 0.